The van der Waals surface area contributed by atoms with E-state index in [2.05, 4.69) is 19.2 Å². The van der Waals surface area contributed by atoms with Crippen molar-refractivity contribution in [1.82, 2.24) is 15.1 Å². The van der Waals surface area contributed by atoms with Crippen LogP contribution in [0.3, 0.4) is 0 Å². The molecule has 5 amide bonds. The Hall–Kier alpha value is -1.92. The van der Waals surface area contributed by atoms with Gasteiger partial charge in [0.05, 0.1) is 0 Å². The number of imide groups is 2. The number of hydrogen-bond donors (Lipinski definition) is 1. The Morgan fingerprint density at radius 3 is 2.36 bits per heavy atom. The molecule has 0 spiro atoms. The first kappa shape index (κ1) is 16.5. The van der Waals surface area contributed by atoms with Crippen molar-refractivity contribution in [3.05, 3.63) is 0 Å². The Morgan fingerprint density at radius 1 is 1.14 bits per heavy atom. The molecule has 1 heterocycles. The molecule has 0 aromatic heterocycles. The number of urea groups is 1. The maximum absolute atomic E-state index is 12.1. The van der Waals surface area contributed by atoms with Gasteiger partial charge >= 0.3 is 17.8 Å². The predicted molar refractivity (Wildman–Crippen MR) is 78.6 cm³/mol. The summed E-state index contributed by atoms with van der Waals surface area (Å²) in [5.41, 5.74) is 0. The van der Waals surface area contributed by atoms with Crippen LogP contribution in [0, 0.1) is 11.8 Å². The first-order chi connectivity index (χ1) is 10.4. The molecule has 0 unspecified atom stereocenters. The lowest BCUT2D eigenvalue weighted by molar-refractivity contribution is -0.144. The molecule has 0 bridgehead atoms. The summed E-state index contributed by atoms with van der Waals surface area (Å²) in [6.45, 7) is 5.60. The molecule has 7 nitrogen and oxygen atoms in total. The van der Waals surface area contributed by atoms with Gasteiger partial charge in [0.1, 0.15) is 6.54 Å². The van der Waals surface area contributed by atoms with Gasteiger partial charge in [0.25, 0.3) is 0 Å². The van der Waals surface area contributed by atoms with Crippen LogP contribution in [-0.2, 0) is 14.4 Å². The van der Waals surface area contributed by atoms with E-state index in [0.717, 1.165) is 29.1 Å². The van der Waals surface area contributed by atoms with Crippen molar-refractivity contribution in [3.63, 3.8) is 0 Å². The molecule has 22 heavy (non-hydrogen) atoms. The first-order valence-corrected chi connectivity index (χ1v) is 7.83. The molecule has 1 aliphatic carbocycles. The summed E-state index contributed by atoms with van der Waals surface area (Å²) in [5, 5.41) is 2.90. The van der Waals surface area contributed by atoms with Gasteiger partial charge in [-0.05, 0) is 25.2 Å². The van der Waals surface area contributed by atoms with Crippen LogP contribution in [0.2, 0.25) is 0 Å². The molecule has 0 aromatic carbocycles. The van der Waals surface area contributed by atoms with Gasteiger partial charge in [-0.25, -0.2) is 9.69 Å². The maximum Gasteiger partial charge on any atom is 0.334 e. The molecule has 1 N–H and O–H groups in total. The van der Waals surface area contributed by atoms with Crippen molar-refractivity contribution in [1.29, 1.82) is 0 Å². The second kappa shape index (κ2) is 6.46. The zero-order valence-electron chi connectivity index (χ0n) is 13.3. The number of amides is 5. The predicted octanol–water partition coefficient (Wildman–Crippen LogP) is 0.738. The van der Waals surface area contributed by atoms with Crippen molar-refractivity contribution in [2.45, 2.75) is 46.1 Å². The molecule has 0 radical (unpaired) electrons. The van der Waals surface area contributed by atoms with Crippen LogP contribution in [0.15, 0.2) is 0 Å². The van der Waals surface area contributed by atoms with E-state index >= 15 is 0 Å². The average molecular weight is 309 g/mol. The normalized spacial score (nSPS) is 29.2. The Bertz CT molecular complexity index is 505. The monoisotopic (exact) mass is 309 g/mol. The number of carbonyl (C=O) groups excluding carboxylic acids is 4. The van der Waals surface area contributed by atoms with Gasteiger partial charge in [-0.1, -0.05) is 26.7 Å². The average Bonchev–Trinajstić information content (AvgIpc) is 2.67. The number of nitrogens with one attached hydrogen (secondary N) is 1. The third-order valence-electron chi connectivity index (χ3n) is 4.81. The van der Waals surface area contributed by atoms with Gasteiger partial charge in [0.15, 0.2) is 0 Å². The summed E-state index contributed by atoms with van der Waals surface area (Å²) >= 11 is 0. The van der Waals surface area contributed by atoms with Crippen LogP contribution < -0.4 is 5.32 Å². The molecular formula is C15H23N3O4. The van der Waals surface area contributed by atoms with Gasteiger partial charge in [0.2, 0.25) is 5.91 Å². The fourth-order valence-electron chi connectivity index (χ4n) is 3.15. The highest BCUT2D eigenvalue weighted by atomic mass is 16.2. The van der Waals surface area contributed by atoms with E-state index < -0.39 is 30.3 Å². The van der Waals surface area contributed by atoms with Gasteiger partial charge < -0.3 is 5.32 Å². The second-order valence-corrected chi connectivity index (χ2v) is 6.16. The minimum Gasteiger partial charge on any atom is -0.352 e. The summed E-state index contributed by atoms with van der Waals surface area (Å²) < 4.78 is 0. The molecule has 1 saturated carbocycles. The highest BCUT2D eigenvalue weighted by molar-refractivity contribution is 6.45. The molecule has 0 aromatic rings. The summed E-state index contributed by atoms with van der Waals surface area (Å²) in [7, 11) is 0. The van der Waals surface area contributed by atoms with E-state index in [-0.39, 0.29) is 12.6 Å². The molecule has 2 fully saturated rings. The zero-order valence-corrected chi connectivity index (χ0v) is 13.3. The molecule has 1 saturated heterocycles. The standard InChI is InChI=1S/C15H23N3O4/c1-4-17-13(20)14(21)18(15(17)22)8-12(19)16-11-7-5-6-9(2)10(11)3/h9-11H,4-8H2,1-3H3,(H,16,19)/t9-,10-,11-/m0/s1. The van der Waals surface area contributed by atoms with Crippen LogP contribution in [0.25, 0.3) is 0 Å². The van der Waals surface area contributed by atoms with Crippen molar-refractivity contribution in [3.8, 4) is 0 Å². The molecule has 1 aliphatic heterocycles. The summed E-state index contributed by atoms with van der Waals surface area (Å²) in [6.07, 6.45) is 3.11. The van der Waals surface area contributed by atoms with Crippen molar-refractivity contribution in [2.75, 3.05) is 13.1 Å². The van der Waals surface area contributed by atoms with Crippen molar-refractivity contribution in [2.24, 2.45) is 11.8 Å². The number of rotatable bonds is 4. The minimum atomic E-state index is -0.924. The van der Waals surface area contributed by atoms with Crippen molar-refractivity contribution >= 4 is 23.8 Å². The summed E-state index contributed by atoms with van der Waals surface area (Å²) in [4.78, 5) is 49.0. The molecule has 2 rings (SSSR count). The SMILES string of the molecule is CCN1C(=O)C(=O)N(CC(=O)N[C@H]2CCC[C@H](C)[C@@H]2C)C1=O. The van der Waals surface area contributed by atoms with Crippen LogP contribution in [0.1, 0.15) is 40.0 Å². The molecule has 3 atom stereocenters. The number of nitrogens with zero attached hydrogens (tertiary/aromatic N) is 2. The summed E-state index contributed by atoms with van der Waals surface area (Å²) in [5.74, 6) is -1.28. The Labute approximate surface area is 130 Å². The van der Waals surface area contributed by atoms with Crippen LogP contribution in [0.5, 0.6) is 0 Å². The van der Waals surface area contributed by atoms with E-state index in [1.54, 1.807) is 6.92 Å². The fourth-order valence-corrected chi connectivity index (χ4v) is 3.15. The fraction of sp³-hybridized carbons (Fsp3) is 0.733. The van der Waals surface area contributed by atoms with Crippen LogP contribution in [0.4, 0.5) is 4.79 Å². The van der Waals surface area contributed by atoms with E-state index in [0.29, 0.717) is 11.8 Å². The number of hydrogen-bond acceptors (Lipinski definition) is 4. The lowest BCUT2D eigenvalue weighted by Crippen LogP contribution is -2.48. The quantitative estimate of drug-likeness (QED) is 0.613. The Kier molecular flexibility index (Phi) is 4.83. The molecule has 2 aliphatic rings. The van der Waals surface area contributed by atoms with Gasteiger partial charge in [-0.15, -0.1) is 0 Å². The first-order valence-electron chi connectivity index (χ1n) is 7.83. The Morgan fingerprint density at radius 2 is 1.77 bits per heavy atom. The molecule has 122 valence electrons. The smallest absolute Gasteiger partial charge is 0.334 e. The highest BCUT2D eigenvalue weighted by Gasteiger charge is 2.44. The minimum absolute atomic E-state index is 0.0574. The van der Waals surface area contributed by atoms with Gasteiger partial charge in [-0.2, -0.15) is 0 Å². The van der Waals surface area contributed by atoms with E-state index in [1.165, 1.54) is 0 Å². The lowest BCUT2D eigenvalue weighted by atomic mass is 9.78. The van der Waals surface area contributed by atoms with E-state index in [4.69, 9.17) is 0 Å². The lowest BCUT2D eigenvalue weighted by Gasteiger charge is -2.34. The maximum atomic E-state index is 12.1. The van der Waals surface area contributed by atoms with Crippen LogP contribution >= 0.6 is 0 Å². The number of likely N-dealkylation sites (N-methyl/N-ethyl adjacent to an activating group) is 1. The number of carbonyl (C=O) groups is 4. The topological polar surface area (TPSA) is 86.8 Å². The summed E-state index contributed by atoms with van der Waals surface area (Å²) in [6, 6.07) is -0.653. The third-order valence-corrected chi connectivity index (χ3v) is 4.81. The van der Waals surface area contributed by atoms with Crippen LogP contribution in [-0.4, -0.2) is 52.7 Å². The highest BCUT2D eigenvalue weighted by Crippen LogP contribution is 2.29. The van der Waals surface area contributed by atoms with Gasteiger partial charge in [0, 0.05) is 12.6 Å². The second-order valence-electron chi connectivity index (χ2n) is 6.16. The zero-order chi connectivity index (χ0) is 16.4. The van der Waals surface area contributed by atoms with Gasteiger partial charge in [-0.3, -0.25) is 19.3 Å². The largest absolute Gasteiger partial charge is 0.352 e. The molecular weight excluding hydrogens is 286 g/mol. The Balaban J connectivity index is 1.96. The van der Waals surface area contributed by atoms with E-state index in [9.17, 15) is 19.2 Å². The molecule has 7 heteroatoms. The van der Waals surface area contributed by atoms with E-state index in [1.807, 2.05) is 0 Å². The van der Waals surface area contributed by atoms with Crippen molar-refractivity contribution < 1.29 is 19.2 Å². The third kappa shape index (κ3) is 2.98.